The Morgan fingerprint density at radius 1 is 0.963 bits per heavy atom. The topological polar surface area (TPSA) is 57.7 Å². The van der Waals surface area contributed by atoms with Crippen molar-refractivity contribution in [3.8, 4) is 0 Å². The summed E-state index contributed by atoms with van der Waals surface area (Å²) in [5.41, 5.74) is 1.17. The molecule has 1 heterocycles. The van der Waals surface area contributed by atoms with Crippen LogP contribution in [0.2, 0.25) is 0 Å². The predicted molar refractivity (Wildman–Crippen MR) is 107 cm³/mol. The van der Waals surface area contributed by atoms with Crippen LogP contribution in [0.1, 0.15) is 43.5 Å². The van der Waals surface area contributed by atoms with Gasteiger partial charge in [0.15, 0.2) is 0 Å². The second-order valence-corrected chi connectivity index (χ2v) is 9.03. The van der Waals surface area contributed by atoms with Gasteiger partial charge in [-0.25, -0.2) is 8.42 Å². The Morgan fingerprint density at radius 3 is 2.26 bits per heavy atom. The molecule has 144 valence electrons. The van der Waals surface area contributed by atoms with Gasteiger partial charge in [-0.2, -0.15) is 4.31 Å². The Morgan fingerprint density at radius 2 is 1.63 bits per heavy atom. The van der Waals surface area contributed by atoms with E-state index in [4.69, 9.17) is 0 Å². The molecule has 27 heavy (non-hydrogen) atoms. The SMILES string of the molecule is CC(C)N(C(=O)c1cccc(S(=O)(=O)N2CCCCC2)c1)c1ccccc1. The van der Waals surface area contributed by atoms with Crippen molar-refractivity contribution in [2.24, 2.45) is 0 Å². The molecule has 0 aromatic heterocycles. The normalized spacial score (nSPS) is 15.7. The lowest BCUT2D eigenvalue weighted by Crippen LogP contribution is -2.37. The monoisotopic (exact) mass is 386 g/mol. The minimum absolute atomic E-state index is 0.0535. The van der Waals surface area contributed by atoms with Crippen LogP contribution in [0.5, 0.6) is 0 Å². The van der Waals surface area contributed by atoms with Crippen molar-refractivity contribution in [2.45, 2.75) is 44.0 Å². The molecule has 0 saturated carbocycles. The fourth-order valence-corrected chi connectivity index (χ4v) is 4.98. The maximum absolute atomic E-state index is 13.2. The summed E-state index contributed by atoms with van der Waals surface area (Å²) in [4.78, 5) is 15.0. The molecule has 6 heteroatoms. The number of nitrogens with zero attached hydrogens (tertiary/aromatic N) is 2. The van der Waals surface area contributed by atoms with Crippen molar-refractivity contribution in [1.82, 2.24) is 4.31 Å². The van der Waals surface area contributed by atoms with Crippen LogP contribution in [0.4, 0.5) is 5.69 Å². The van der Waals surface area contributed by atoms with Gasteiger partial charge in [0, 0.05) is 30.4 Å². The van der Waals surface area contributed by atoms with E-state index in [2.05, 4.69) is 0 Å². The average molecular weight is 387 g/mol. The second kappa shape index (κ2) is 8.23. The smallest absolute Gasteiger partial charge is 0.258 e. The second-order valence-electron chi connectivity index (χ2n) is 7.10. The summed E-state index contributed by atoms with van der Waals surface area (Å²) in [5, 5.41) is 0. The highest BCUT2D eigenvalue weighted by Crippen LogP contribution is 2.24. The van der Waals surface area contributed by atoms with Gasteiger partial charge in [0.2, 0.25) is 10.0 Å². The van der Waals surface area contributed by atoms with Crippen molar-refractivity contribution >= 4 is 21.6 Å². The molecule has 0 unspecified atom stereocenters. The number of carbonyl (C=O) groups is 1. The van der Waals surface area contributed by atoms with E-state index in [0.29, 0.717) is 18.7 Å². The van der Waals surface area contributed by atoms with Crippen molar-refractivity contribution in [1.29, 1.82) is 0 Å². The summed E-state index contributed by atoms with van der Waals surface area (Å²) in [5.74, 6) is -0.202. The molecule has 1 amide bonds. The van der Waals surface area contributed by atoms with Gasteiger partial charge in [0.25, 0.3) is 5.91 Å². The van der Waals surface area contributed by atoms with Crippen LogP contribution in [0.3, 0.4) is 0 Å². The Labute approximate surface area is 161 Å². The summed E-state index contributed by atoms with van der Waals surface area (Å²) in [6.45, 7) is 4.98. The molecule has 0 spiro atoms. The van der Waals surface area contributed by atoms with E-state index in [1.807, 2.05) is 44.2 Å². The van der Waals surface area contributed by atoms with Crippen LogP contribution in [-0.2, 0) is 10.0 Å². The molecule has 1 aliphatic rings. The highest BCUT2D eigenvalue weighted by molar-refractivity contribution is 7.89. The van der Waals surface area contributed by atoms with Crippen LogP contribution >= 0.6 is 0 Å². The highest BCUT2D eigenvalue weighted by atomic mass is 32.2. The fourth-order valence-electron chi connectivity index (χ4n) is 3.42. The number of benzene rings is 2. The van der Waals surface area contributed by atoms with E-state index >= 15 is 0 Å². The molecule has 1 fully saturated rings. The van der Waals surface area contributed by atoms with Gasteiger partial charge in [0.05, 0.1) is 4.90 Å². The summed E-state index contributed by atoms with van der Waals surface area (Å²) in [7, 11) is -3.57. The maximum Gasteiger partial charge on any atom is 0.258 e. The lowest BCUT2D eigenvalue weighted by molar-refractivity contribution is 0.0980. The first-order chi connectivity index (χ1) is 12.9. The lowest BCUT2D eigenvalue weighted by atomic mass is 10.1. The number of sulfonamides is 1. The van der Waals surface area contributed by atoms with E-state index in [1.54, 1.807) is 23.1 Å². The van der Waals surface area contributed by atoms with Crippen LogP contribution in [0.25, 0.3) is 0 Å². The molecule has 0 aliphatic carbocycles. The van der Waals surface area contributed by atoms with Gasteiger partial charge in [-0.1, -0.05) is 30.7 Å². The number of hydrogen-bond acceptors (Lipinski definition) is 3. The molecular weight excluding hydrogens is 360 g/mol. The van der Waals surface area contributed by atoms with Gasteiger partial charge in [-0.05, 0) is 57.0 Å². The molecule has 1 aliphatic heterocycles. The maximum atomic E-state index is 13.2. The quantitative estimate of drug-likeness (QED) is 0.783. The van der Waals surface area contributed by atoms with Crippen molar-refractivity contribution in [2.75, 3.05) is 18.0 Å². The first-order valence-corrected chi connectivity index (χ1v) is 10.8. The highest BCUT2D eigenvalue weighted by Gasteiger charge is 2.27. The number of rotatable bonds is 5. The van der Waals surface area contributed by atoms with Gasteiger partial charge in [0.1, 0.15) is 0 Å². The van der Waals surface area contributed by atoms with Crippen LogP contribution in [-0.4, -0.2) is 37.8 Å². The Hall–Kier alpha value is -2.18. The summed E-state index contributed by atoms with van der Waals surface area (Å²) in [6.07, 6.45) is 2.82. The zero-order valence-corrected chi connectivity index (χ0v) is 16.7. The Bertz CT molecular complexity index is 889. The van der Waals surface area contributed by atoms with Gasteiger partial charge >= 0.3 is 0 Å². The Kier molecular flexibility index (Phi) is 5.97. The third kappa shape index (κ3) is 4.22. The third-order valence-corrected chi connectivity index (χ3v) is 6.70. The number of para-hydroxylation sites is 1. The number of amides is 1. The van der Waals surface area contributed by atoms with E-state index in [-0.39, 0.29) is 16.8 Å². The van der Waals surface area contributed by atoms with E-state index in [1.165, 1.54) is 10.4 Å². The number of anilines is 1. The van der Waals surface area contributed by atoms with Crippen molar-refractivity contribution < 1.29 is 13.2 Å². The van der Waals surface area contributed by atoms with Crippen LogP contribution in [0.15, 0.2) is 59.5 Å². The number of hydrogen-bond donors (Lipinski definition) is 0. The molecule has 1 saturated heterocycles. The standard InChI is InChI=1S/C21H26N2O3S/c1-17(2)23(19-11-5-3-6-12-19)21(24)18-10-9-13-20(16-18)27(25,26)22-14-7-4-8-15-22/h3,5-6,9-13,16-17H,4,7-8,14-15H2,1-2H3. The average Bonchev–Trinajstić information content (AvgIpc) is 2.69. The van der Waals surface area contributed by atoms with E-state index < -0.39 is 10.0 Å². The molecule has 3 rings (SSSR count). The lowest BCUT2D eigenvalue weighted by Gasteiger charge is -2.28. The molecule has 0 radical (unpaired) electrons. The minimum atomic E-state index is -3.57. The van der Waals surface area contributed by atoms with Crippen LogP contribution < -0.4 is 4.90 Å². The van der Waals surface area contributed by atoms with Gasteiger partial charge in [-0.3, -0.25) is 4.79 Å². The third-order valence-electron chi connectivity index (χ3n) is 4.80. The number of carbonyl (C=O) groups excluding carboxylic acids is 1. The molecule has 2 aromatic carbocycles. The summed E-state index contributed by atoms with van der Waals surface area (Å²) >= 11 is 0. The summed E-state index contributed by atoms with van der Waals surface area (Å²) in [6, 6.07) is 15.8. The minimum Gasteiger partial charge on any atom is -0.306 e. The molecule has 0 N–H and O–H groups in total. The molecular formula is C21H26N2O3S. The molecule has 0 bridgehead atoms. The first kappa shape index (κ1) is 19.6. The Balaban J connectivity index is 1.93. The molecule has 0 atom stereocenters. The van der Waals surface area contributed by atoms with Crippen LogP contribution in [0, 0.1) is 0 Å². The molecule has 5 nitrogen and oxygen atoms in total. The zero-order chi connectivity index (χ0) is 19.4. The van der Waals surface area contributed by atoms with Crippen molar-refractivity contribution in [3.05, 3.63) is 60.2 Å². The van der Waals surface area contributed by atoms with E-state index in [0.717, 1.165) is 24.9 Å². The number of piperidine rings is 1. The van der Waals surface area contributed by atoms with Crippen molar-refractivity contribution in [3.63, 3.8) is 0 Å². The van der Waals surface area contributed by atoms with Gasteiger partial charge < -0.3 is 4.90 Å². The first-order valence-electron chi connectivity index (χ1n) is 9.40. The zero-order valence-electron chi connectivity index (χ0n) is 15.8. The van der Waals surface area contributed by atoms with Gasteiger partial charge in [-0.15, -0.1) is 0 Å². The summed E-state index contributed by atoms with van der Waals surface area (Å²) < 4.78 is 27.4. The fraction of sp³-hybridized carbons (Fsp3) is 0.381. The van der Waals surface area contributed by atoms with E-state index in [9.17, 15) is 13.2 Å². The predicted octanol–water partition coefficient (Wildman–Crippen LogP) is 3.92. The molecule has 2 aromatic rings. The largest absolute Gasteiger partial charge is 0.306 e.